The van der Waals surface area contributed by atoms with Gasteiger partial charge in [-0.3, -0.25) is 0 Å². The van der Waals surface area contributed by atoms with Crippen molar-refractivity contribution in [3.63, 3.8) is 0 Å². The van der Waals surface area contributed by atoms with E-state index in [-0.39, 0.29) is 6.54 Å². The number of carboxylic acid groups (broad SMARTS) is 1. The minimum Gasteiger partial charge on any atom is -0.477 e. The molecule has 8 heteroatoms. The molecule has 0 saturated carbocycles. The average molecular weight is 293 g/mol. The summed E-state index contributed by atoms with van der Waals surface area (Å²) in [6.45, 7) is 1.94. The van der Waals surface area contributed by atoms with Crippen molar-refractivity contribution in [2.75, 3.05) is 6.54 Å². The molecular formula is C11H13F2NO4S. The second-order valence-electron chi connectivity index (χ2n) is 3.79. The zero-order valence-corrected chi connectivity index (χ0v) is 10.9. The maximum absolute atomic E-state index is 13.7. The van der Waals surface area contributed by atoms with Crippen molar-refractivity contribution >= 4 is 16.0 Å². The third kappa shape index (κ3) is 3.48. The summed E-state index contributed by atoms with van der Waals surface area (Å²) >= 11 is 0. The number of sulfonamides is 1. The highest BCUT2D eigenvalue weighted by molar-refractivity contribution is 7.89. The molecule has 0 aliphatic carbocycles. The summed E-state index contributed by atoms with van der Waals surface area (Å²) in [7, 11) is -4.19. The normalized spacial score (nSPS) is 11.5. The van der Waals surface area contributed by atoms with E-state index in [2.05, 4.69) is 4.72 Å². The van der Waals surface area contributed by atoms with E-state index in [9.17, 15) is 22.0 Å². The number of rotatable bonds is 6. The Hall–Kier alpha value is -1.54. The van der Waals surface area contributed by atoms with Gasteiger partial charge in [0.1, 0.15) is 16.3 Å². The number of benzene rings is 1. The fourth-order valence-corrected chi connectivity index (χ4v) is 2.55. The minimum absolute atomic E-state index is 0.0953. The fourth-order valence-electron chi connectivity index (χ4n) is 1.40. The van der Waals surface area contributed by atoms with Crippen molar-refractivity contribution < 1.29 is 27.1 Å². The molecule has 0 aliphatic heterocycles. The van der Waals surface area contributed by atoms with Gasteiger partial charge in [0.15, 0.2) is 5.82 Å². The smallest absolute Gasteiger partial charge is 0.341 e. The maximum atomic E-state index is 13.7. The summed E-state index contributed by atoms with van der Waals surface area (Å²) < 4.78 is 52.5. The molecule has 0 saturated heterocycles. The van der Waals surface area contributed by atoms with Crippen molar-refractivity contribution in [1.82, 2.24) is 4.72 Å². The van der Waals surface area contributed by atoms with Gasteiger partial charge in [-0.1, -0.05) is 13.3 Å². The van der Waals surface area contributed by atoms with E-state index in [1.807, 2.05) is 6.92 Å². The predicted molar refractivity (Wildman–Crippen MR) is 63.4 cm³/mol. The van der Waals surface area contributed by atoms with Gasteiger partial charge in [0.25, 0.3) is 0 Å². The molecule has 1 rings (SSSR count). The van der Waals surface area contributed by atoms with Crippen molar-refractivity contribution in [2.24, 2.45) is 0 Å². The summed E-state index contributed by atoms with van der Waals surface area (Å²) in [5.41, 5.74) is -1.28. The quantitative estimate of drug-likeness (QED) is 0.783. The first-order valence-electron chi connectivity index (χ1n) is 5.52. The third-order valence-electron chi connectivity index (χ3n) is 2.38. The zero-order valence-electron chi connectivity index (χ0n) is 10.1. The van der Waals surface area contributed by atoms with Crippen LogP contribution in [0.15, 0.2) is 17.0 Å². The molecule has 19 heavy (non-hydrogen) atoms. The number of hydrogen-bond acceptors (Lipinski definition) is 3. The van der Waals surface area contributed by atoms with Gasteiger partial charge < -0.3 is 5.11 Å². The summed E-state index contributed by atoms with van der Waals surface area (Å²) in [6.07, 6.45) is 1.28. The van der Waals surface area contributed by atoms with E-state index >= 15 is 0 Å². The Bertz CT molecular complexity index is 587. The Morgan fingerprint density at radius 2 is 2.00 bits per heavy atom. The first-order valence-corrected chi connectivity index (χ1v) is 7.00. The minimum atomic E-state index is -4.19. The van der Waals surface area contributed by atoms with Crippen LogP contribution < -0.4 is 4.72 Å². The summed E-state index contributed by atoms with van der Waals surface area (Å²) in [4.78, 5) is 9.81. The molecular weight excluding hydrogens is 280 g/mol. The molecule has 0 atom stereocenters. The molecule has 1 aromatic carbocycles. The highest BCUT2D eigenvalue weighted by Crippen LogP contribution is 2.21. The SMILES string of the molecule is CCCCNS(=O)(=O)c1ccc(F)c(C(=O)O)c1F. The van der Waals surface area contributed by atoms with Gasteiger partial charge in [-0.2, -0.15) is 0 Å². The molecule has 1 aromatic rings. The first kappa shape index (κ1) is 15.5. The molecule has 0 amide bonds. The lowest BCUT2D eigenvalue weighted by atomic mass is 10.2. The number of unbranched alkanes of at least 4 members (excludes halogenated alkanes) is 1. The fraction of sp³-hybridized carbons (Fsp3) is 0.364. The summed E-state index contributed by atoms with van der Waals surface area (Å²) in [5, 5.41) is 8.66. The van der Waals surface area contributed by atoms with Crippen LogP contribution in [0, 0.1) is 11.6 Å². The zero-order chi connectivity index (χ0) is 14.6. The van der Waals surface area contributed by atoms with Crippen molar-refractivity contribution in [1.29, 1.82) is 0 Å². The van der Waals surface area contributed by atoms with Gasteiger partial charge in [-0.15, -0.1) is 0 Å². The maximum Gasteiger partial charge on any atom is 0.341 e. The lowest BCUT2D eigenvalue weighted by molar-refractivity contribution is 0.0685. The van der Waals surface area contributed by atoms with Crippen LogP contribution in [0.25, 0.3) is 0 Å². The second kappa shape index (κ2) is 6.07. The van der Waals surface area contributed by atoms with Crippen LogP contribution in [-0.4, -0.2) is 26.0 Å². The van der Waals surface area contributed by atoms with Crippen molar-refractivity contribution in [2.45, 2.75) is 24.7 Å². The first-order chi connectivity index (χ1) is 8.81. The number of halogens is 2. The summed E-state index contributed by atoms with van der Waals surface area (Å²) in [6, 6.07) is 1.31. The lowest BCUT2D eigenvalue weighted by Crippen LogP contribution is -2.26. The van der Waals surface area contributed by atoms with Gasteiger partial charge in [-0.05, 0) is 18.6 Å². The molecule has 0 unspecified atom stereocenters. The van der Waals surface area contributed by atoms with Gasteiger partial charge >= 0.3 is 5.97 Å². The standard InChI is InChI=1S/C11H13F2NO4S/c1-2-3-6-14-19(17,18)8-5-4-7(12)9(10(8)13)11(15)16/h4-5,14H,2-3,6H2,1H3,(H,15,16). The molecule has 0 aliphatic rings. The molecule has 106 valence electrons. The molecule has 5 nitrogen and oxygen atoms in total. The number of nitrogens with one attached hydrogen (secondary N) is 1. The van der Waals surface area contributed by atoms with Gasteiger partial charge in [0.05, 0.1) is 0 Å². The Morgan fingerprint density at radius 1 is 1.37 bits per heavy atom. The van der Waals surface area contributed by atoms with E-state index in [1.54, 1.807) is 0 Å². The molecule has 0 spiro atoms. The number of hydrogen-bond donors (Lipinski definition) is 2. The van der Waals surface area contributed by atoms with Gasteiger partial charge in [0, 0.05) is 6.54 Å². The van der Waals surface area contributed by atoms with Crippen LogP contribution in [0.2, 0.25) is 0 Å². The topological polar surface area (TPSA) is 83.5 Å². The Kier molecular flexibility index (Phi) is 4.96. The van der Waals surface area contributed by atoms with Crippen molar-refractivity contribution in [3.8, 4) is 0 Å². The number of aromatic carboxylic acids is 1. The van der Waals surface area contributed by atoms with Gasteiger partial charge in [-0.25, -0.2) is 26.7 Å². The largest absolute Gasteiger partial charge is 0.477 e. The van der Waals surface area contributed by atoms with Crippen LogP contribution in [0.4, 0.5) is 8.78 Å². The van der Waals surface area contributed by atoms with Crippen LogP contribution >= 0.6 is 0 Å². The Balaban J connectivity index is 3.21. The average Bonchev–Trinajstić information content (AvgIpc) is 2.28. The van der Waals surface area contributed by atoms with Crippen LogP contribution in [0.3, 0.4) is 0 Å². The predicted octanol–water partition coefficient (Wildman–Crippen LogP) is 1.74. The van der Waals surface area contributed by atoms with Gasteiger partial charge in [0.2, 0.25) is 10.0 Å². The molecule has 0 bridgehead atoms. The highest BCUT2D eigenvalue weighted by Gasteiger charge is 2.26. The van der Waals surface area contributed by atoms with E-state index in [0.717, 1.165) is 6.42 Å². The molecule has 0 aromatic heterocycles. The molecule has 2 N–H and O–H groups in total. The van der Waals surface area contributed by atoms with Crippen LogP contribution in [-0.2, 0) is 10.0 Å². The third-order valence-corrected chi connectivity index (χ3v) is 3.86. The number of carboxylic acids is 1. The van der Waals surface area contributed by atoms with E-state index in [1.165, 1.54) is 0 Å². The van der Waals surface area contributed by atoms with Crippen LogP contribution in [0.1, 0.15) is 30.1 Å². The monoisotopic (exact) mass is 293 g/mol. The van der Waals surface area contributed by atoms with E-state index in [4.69, 9.17) is 5.11 Å². The van der Waals surface area contributed by atoms with E-state index < -0.39 is 38.1 Å². The Morgan fingerprint density at radius 3 is 2.53 bits per heavy atom. The molecule has 0 radical (unpaired) electrons. The van der Waals surface area contributed by atoms with Crippen LogP contribution in [0.5, 0.6) is 0 Å². The second-order valence-corrected chi connectivity index (χ2v) is 5.53. The van der Waals surface area contributed by atoms with Crippen molar-refractivity contribution in [3.05, 3.63) is 29.3 Å². The lowest BCUT2D eigenvalue weighted by Gasteiger charge is -2.09. The van der Waals surface area contributed by atoms with E-state index in [0.29, 0.717) is 18.6 Å². The number of carbonyl (C=O) groups is 1. The molecule has 0 fully saturated rings. The molecule has 0 heterocycles. The highest BCUT2D eigenvalue weighted by atomic mass is 32.2. The Labute approximate surface area is 109 Å². The summed E-state index contributed by atoms with van der Waals surface area (Å²) in [5.74, 6) is -4.78.